The van der Waals surface area contributed by atoms with Crippen molar-refractivity contribution in [3.8, 4) is 5.75 Å². The maximum atomic E-state index is 12.2. The molecule has 1 N–H and O–H groups in total. The van der Waals surface area contributed by atoms with Crippen molar-refractivity contribution in [2.75, 3.05) is 11.4 Å². The minimum absolute atomic E-state index is 0.0386. The van der Waals surface area contributed by atoms with E-state index in [0.29, 0.717) is 11.3 Å². The van der Waals surface area contributed by atoms with Gasteiger partial charge in [0.15, 0.2) is 0 Å². The molecule has 2 rings (SSSR count). The zero-order valence-corrected chi connectivity index (χ0v) is 9.77. The van der Waals surface area contributed by atoms with Crippen LogP contribution in [0.15, 0.2) is 18.2 Å². The molecule has 0 aliphatic carbocycles. The third-order valence-corrected chi connectivity index (χ3v) is 2.80. The molecule has 98 valence electrons. The smallest absolute Gasteiger partial charge is 0.387 e. The van der Waals surface area contributed by atoms with Crippen molar-refractivity contribution in [2.24, 2.45) is 0 Å². The molecule has 1 aromatic carbocycles. The number of carbonyl (C=O) groups excluding carboxylic acids is 1. The summed E-state index contributed by atoms with van der Waals surface area (Å²) < 4.78 is 28.8. The van der Waals surface area contributed by atoms with E-state index in [1.807, 2.05) is 0 Å². The van der Waals surface area contributed by atoms with Crippen LogP contribution in [0.2, 0.25) is 0 Å². The van der Waals surface area contributed by atoms with E-state index in [-0.39, 0.29) is 24.6 Å². The van der Waals surface area contributed by atoms with E-state index < -0.39 is 12.7 Å². The van der Waals surface area contributed by atoms with E-state index in [1.165, 1.54) is 11.0 Å². The molecule has 1 amide bonds. The maximum Gasteiger partial charge on any atom is 0.387 e. The Kier molecular flexibility index (Phi) is 3.47. The second kappa shape index (κ2) is 4.89. The molecule has 0 bridgehead atoms. The van der Waals surface area contributed by atoms with E-state index in [2.05, 4.69) is 4.74 Å². The fourth-order valence-corrected chi connectivity index (χ4v) is 1.92. The van der Waals surface area contributed by atoms with Crippen LogP contribution < -0.4 is 9.64 Å². The van der Waals surface area contributed by atoms with Crippen molar-refractivity contribution in [1.82, 2.24) is 0 Å². The molecule has 1 saturated heterocycles. The highest BCUT2D eigenvalue weighted by molar-refractivity contribution is 5.96. The summed E-state index contributed by atoms with van der Waals surface area (Å²) in [5, 5.41) is 9.39. The Balaban J connectivity index is 2.26. The Morgan fingerprint density at radius 1 is 1.50 bits per heavy atom. The number of carbonyl (C=O) groups is 1. The number of benzene rings is 1. The van der Waals surface area contributed by atoms with Crippen molar-refractivity contribution in [3.63, 3.8) is 0 Å². The molecule has 1 unspecified atom stereocenters. The first-order valence-electron chi connectivity index (χ1n) is 5.51. The van der Waals surface area contributed by atoms with Crippen LogP contribution in [0.1, 0.15) is 12.0 Å². The molecule has 1 fully saturated rings. The second-order valence-corrected chi connectivity index (χ2v) is 4.19. The SMILES string of the molecule is Cc1ccc(N2CC(O)CC2=O)cc1OC(F)F. The molecule has 1 aromatic rings. The van der Waals surface area contributed by atoms with Gasteiger partial charge in [-0.25, -0.2) is 0 Å². The van der Waals surface area contributed by atoms with Gasteiger partial charge in [-0.1, -0.05) is 6.07 Å². The molecular formula is C12H13F2NO3. The Hall–Kier alpha value is -1.69. The highest BCUT2D eigenvalue weighted by Gasteiger charge is 2.29. The van der Waals surface area contributed by atoms with Crippen LogP contribution in [0.5, 0.6) is 5.75 Å². The first kappa shape index (κ1) is 12.8. The number of amides is 1. The summed E-state index contributed by atoms with van der Waals surface area (Å²) in [4.78, 5) is 12.9. The number of aliphatic hydroxyl groups is 1. The lowest BCUT2D eigenvalue weighted by atomic mass is 10.2. The largest absolute Gasteiger partial charge is 0.434 e. The van der Waals surface area contributed by atoms with E-state index in [9.17, 15) is 18.7 Å². The lowest BCUT2D eigenvalue weighted by Gasteiger charge is -2.18. The summed E-state index contributed by atoms with van der Waals surface area (Å²) in [6.07, 6.45) is -0.655. The standard InChI is InChI=1S/C12H13F2NO3/c1-7-2-3-8(4-10(7)18-12(13)14)15-6-9(16)5-11(15)17/h2-4,9,12,16H,5-6H2,1H3. The molecular weight excluding hydrogens is 244 g/mol. The minimum Gasteiger partial charge on any atom is -0.434 e. The molecule has 1 aliphatic heterocycles. The lowest BCUT2D eigenvalue weighted by Crippen LogP contribution is -2.25. The number of rotatable bonds is 3. The minimum atomic E-state index is -2.90. The number of ether oxygens (including phenoxy) is 1. The summed E-state index contributed by atoms with van der Waals surface area (Å²) >= 11 is 0. The zero-order valence-electron chi connectivity index (χ0n) is 9.77. The molecule has 1 aliphatic rings. The van der Waals surface area contributed by atoms with Gasteiger partial charge in [0.1, 0.15) is 5.75 Å². The number of hydrogen-bond donors (Lipinski definition) is 1. The predicted octanol–water partition coefficient (Wildman–Crippen LogP) is 1.69. The van der Waals surface area contributed by atoms with Gasteiger partial charge in [0, 0.05) is 11.8 Å². The maximum absolute atomic E-state index is 12.2. The number of aliphatic hydroxyl groups excluding tert-OH is 1. The average molecular weight is 257 g/mol. The first-order valence-corrected chi connectivity index (χ1v) is 5.51. The highest BCUT2D eigenvalue weighted by atomic mass is 19.3. The third-order valence-electron chi connectivity index (χ3n) is 2.80. The number of β-amino-alcohol motifs (C(OH)–C–C–N with tert-alkyl or cyclic N) is 1. The first-order chi connectivity index (χ1) is 8.47. The molecule has 1 heterocycles. The van der Waals surface area contributed by atoms with Crippen LogP contribution in [-0.2, 0) is 4.79 Å². The number of anilines is 1. The van der Waals surface area contributed by atoms with Crippen LogP contribution >= 0.6 is 0 Å². The number of alkyl halides is 2. The molecule has 0 saturated carbocycles. The second-order valence-electron chi connectivity index (χ2n) is 4.19. The van der Waals surface area contributed by atoms with Crippen LogP contribution in [0.3, 0.4) is 0 Å². The van der Waals surface area contributed by atoms with Gasteiger partial charge in [-0.2, -0.15) is 8.78 Å². The molecule has 0 radical (unpaired) electrons. The molecule has 18 heavy (non-hydrogen) atoms. The summed E-state index contributed by atoms with van der Waals surface area (Å²) in [6.45, 7) is -1.09. The van der Waals surface area contributed by atoms with Crippen LogP contribution in [0, 0.1) is 6.92 Å². The highest BCUT2D eigenvalue weighted by Crippen LogP contribution is 2.29. The van der Waals surface area contributed by atoms with E-state index in [0.717, 1.165) is 0 Å². The number of nitrogens with zero attached hydrogens (tertiary/aromatic N) is 1. The molecule has 0 aromatic heterocycles. The van der Waals surface area contributed by atoms with E-state index in [4.69, 9.17) is 0 Å². The van der Waals surface area contributed by atoms with Crippen molar-refractivity contribution >= 4 is 11.6 Å². The van der Waals surface area contributed by atoms with Crippen molar-refractivity contribution < 1.29 is 23.4 Å². The van der Waals surface area contributed by atoms with Gasteiger partial charge >= 0.3 is 6.61 Å². The molecule has 0 spiro atoms. The van der Waals surface area contributed by atoms with Gasteiger partial charge in [-0.05, 0) is 18.6 Å². The fraction of sp³-hybridized carbons (Fsp3) is 0.417. The Morgan fingerprint density at radius 2 is 2.22 bits per heavy atom. The van der Waals surface area contributed by atoms with Gasteiger partial charge in [0.05, 0.1) is 19.1 Å². The lowest BCUT2D eigenvalue weighted by molar-refractivity contribution is -0.117. The topological polar surface area (TPSA) is 49.8 Å². The summed E-state index contributed by atoms with van der Waals surface area (Å²) in [5.74, 6) is -0.189. The van der Waals surface area contributed by atoms with E-state index in [1.54, 1.807) is 19.1 Å². The van der Waals surface area contributed by atoms with Gasteiger partial charge in [0.2, 0.25) is 5.91 Å². The van der Waals surface area contributed by atoms with Gasteiger partial charge in [-0.3, -0.25) is 4.79 Å². The Labute approximate surface area is 103 Å². The number of halogens is 2. The third kappa shape index (κ3) is 2.59. The van der Waals surface area contributed by atoms with Crippen molar-refractivity contribution in [1.29, 1.82) is 0 Å². The summed E-state index contributed by atoms with van der Waals surface area (Å²) in [6, 6.07) is 4.63. The quantitative estimate of drug-likeness (QED) is 0.896. The van der Waals surface area contributed by atoms with Crippen molar-refractivity contribution in [2.45, 2.75) is 26.1 Å². The average Bonchev–Trinajstić information content (AvgIpc) is 2.60. The van der Waals surface area contributed by atoms with E-state index >= 15 is 0 Å². The normalized spacial score (nSPS) is 19.7. The van der Waals surface area contributed by atoms with Crippen LogP contribution in [-0.4, -0.2) is 30.3 Å². The Bertz CT molecular complexity index is 465. The fourth-order valence-electron chi connectivity index (χ4n) is 1.92. The monoisotopic (exact) mass is 257 g/mol. The molecule has 4 nitrogen and oxygen atoms in total. The van der Waals surface area contributed by atoms with Crippen molar-refractivity contribution in [3.05, 3.63) is 23.8 Å². The van der Waals surface area contributed by atoms with Gasteiger partial charge in [-0.15, -0.1) is 0 Å². The summed E-state index contributed by atoms with van der Waals surface area (Å²) in [7, 11) is 0. The predicted molar refractivity (Wildman–Crippen MR) is 60.8 cm³/mol. The van der Waals surface area contributed by atoms with Gasteiger partial charge in [0.25, 0.3) is 0 Å². The van der Waals surface area contributed by atoms with Crippen LogP contribution in [0.4, 0.5) is 14.5 Å². The number of aryl methyl sites for hydroxylation is 1. The molecule has 1 atom stereocenters. The molecule has 6 heteroatoms. The number of hydrogen-bond acceptors (Lipinski definition) is 3. The Morgan fingerprint density at radius 3 is 2.78 bits per heavy atom. The zero-order chi connectivity index (χ0) is 13.3. The van der Waals surface area contributed by atoms with Gasteiger partial charge < -0.3 is 14.7 Å². The summed E-state index contributed by atoms with van der Waals surface area (Å²) in [5.41, 5.74) is 1.02. The van der Waals surface area contributed by atoms with Crippen LogP contribution in [0.25, 0.3) is 0 Å².